The number of hydrogen-bond acceptors (Lipinski definition) is 3. The summed E-state index contributed by atoms with van der Waals surface area (Å²) < 4.78 is 6.07. The first-order valence-corrected chi connectivity index (χ1v) is 11.3. The standard InChI is InChI=1S/C22H42N4O2.HI/c1-7-9-14-28-19-15-18(22(19,5)6)25-21(23-8-2)24-17-10-12-26(13-11-17)20(27)16(3)4;/h16-19H,7-15H2,1-6H3,(H2,23,24,25);1H. The van der Waals surface area contributed by atoms with Crippen molar-refractivity contribution in [3.05, 3.63) is 0 Å². The molecule has 1 aliphatic heterocycles. The molecule has 1 aliphatic carbocycles. The minimum atomic E-state index is 0. The van der Waals surface area contributed by atoms with Crippen molar-refractivity contribution in [3.63, 3.8) is 0 Å². The summed E-state index contributed by atoms with van der Waals surface area (Å²) in [6.07, 6.45) is 5.60. The summed E-state index contributed by atoms with van der Waals surface area (Å²) >= 11 is 0. The number of piperidine rings is 1. The summed E-state index contributed by atoms with van der Waals surface area (Å²) in [5.74, 6) is 1.25. The highest BCUT2D eigenvalue weighted by atomic mass is 127. The van der Waals surface area contributed by atoms with E-state index in [4.69, 9.17) is 4.74 Å². The number of halogens is 1. The van der Waals surface area contributed by atoms with Gasteiger partial charge in [-0.3, -0.25) is 9.79 Å². The van der Waals surface area contributed by atoms with Crippen molar-refractivity contribution < 1.29 is 9.53 Å². The molecule has 1 heterocycles. The number of guanidine groups is 1. The van der Waals surface area contributed by atoms with Crippen LogP contribution in [0.2, 0.25) is 0 Å². The van der Waals surface area contributed by atoms with Gasteiger partial charge in [0.1, 0.15) is 0 Å². The molecule has 1 saturated heterocycles. The zero-order valence-corrected chi connectivity index (χ0v) is 21.6. The monoisotopic (exact) mass is 522 g/mol. The predicted octanol–water partition coefficient (Wildman–Crippen LogP) is 3.79. The van der Waals surface area contributed by atoms with Crippen molar-refractivity contribution in [2.45, 2.75) is 91.8 Å². The maximum absolute atomic E-state index is 12.2. The van der Waals surface area contributed by atoms with Crippen LogP contribution in [0.25, 0.3) is 0 Å². The van der Waals surface area contributed by atoms with Gasteiger partial charge in [-0.2, -0.15) is 0 Å². The second-order valence-corrected chi connectivity index (χ2v) is 9.19. The number of likely N-dealkylation sites (tertiary alicyclic amines) is 1. The van der Waals surface area contributed by atoms with E-state index in [9.17, 15) is 4.79 Å². The van der Waals surface area contributed by atoms with Crippen LogP contribution in [-0.4, -0.2) is 61.2 Å². The normalized spacial score (nSPS) is 24.7. The van der Waals surface area contributed by atoms with E-state index in [1.165, 1.54) is 6.42 Å². The number of carbonyl (C=O) groups is 1. The van der Waals surface area contributed by atoms with Crippen molar-refractivity contribution in [1.29, 1.82) is 0 Å². The average molecular weight is 523 g/mol. The molecule has 170 valence electrons. The molecule has 0 aromatic carbocycles. The molecule has 0 bridgehead atoms. The van der Waals surface area contributed by atoms with E-state index in [0.29, 0.717) is 18.2 Å². The summed E-state index contributed by atoms with van der Waals surface area (Å²) in [5.41, 5.74) is 0.108. The Bertz CT molecular complexity index is 531. The molecule has 0 aromatic heterocycles. The van der Waals surface area contributed by atoms with Gasteiger partial charge >= 0.3 is 0 Å². The Morgan fingerprint density at radius 2 is 1.86 bits per heavy atom. The summed E-state index contributed by atoms with van der Waals surface area (Å²) in [6, 6.07) is 0.744. The van der Waals surface area contributed by atoms with Crippen molar-refractivity contribution in [2.24, 2.45) is 16.3 Å². The predicted molar refractivity (Wildman–Crippen MR) is 131 cm³/mol. The number of hydrogen-bond donors (Lipinski definition) is 2. The van der Waals surface area contributed by atoms with Crippen molar-refractivity contribution in [1.82, 2.24) is 15.5 Å². The molecule has 2 N–H and O–H groups in total. The summed E-state index contributed by atoms with van der Waals surface area (Å²) in [6.45, 7) is 16.0. The van der Waals surface area contributed by atoms with Crippen LogP contribution in [-0.2, 0) is 9.53 Å². The molecule has 2 fully saturated rings. The van der Waals surface area contributed by atoms with E-state index in [1.54, 1.807) is 0 Å². The van der Waals surface area contributed by atoms with E-state index >= 15 is 0 Å². The number of rotatable bonds is 8. The van der Waals surface area contributed by atoms with Crippen molar-refractivity contribution in [2.75, 3.05) is 26.2 Å². The highest BCUT2D eigenvalue weighted by Gasteiger charge is 2.49. The smallest absolute Gasteiger partial charge is 0.225 e. The van der Waals surface area contributed by atoms with E-state index in [2.05, 4.69) is 43.3 Å². The molecule has 1 saturated carbocycles. The molecule has 6 nitrogen and oxygen atoms in total. The third kappa shape index (κ3) is 7.26. The lowest BCUT2D eigenvalue weighted by molar-refractivity contribution is -0.135. The average Bonchev–Trinajstić information content (AvgIpc) is 2.66. The van der Waals surface area contributed by atoms with E-state index in [0.717, 1.165) is 57.9 Å². The first-order chi connectivity index (χ1) is 13.3. The number of nitrogens with one attached hydrogen (secondary N) is 2. The molecule has 0 radical (unpaired) electrons. The quantitative estimate of drug-likeness (QED) is 0.220. The molecule has 29 heavy (non-hydrogen) atoms. The topological polar surface area (TPSA) is 66.0 Å². The SMILES string of the molecule is CCCCOC1CC(NC(=NCC)NC2CCN(C(=O)C(C)C)CC2)C1(C)C.I. The minimum Gasteiger partial charge on any atom is -0.378 e. The molecule has 7 heteroatoms. The van der Waals surface area contributed by atoms with Crippen LogP contribution in [0.1, 0.15) is 73.6 Å². The Hall–Kier alpha value is -0.570. The van der Waals surface area contributed by atoms with Gasteiger partial charge in [0.05, 0.1) is 6.10 Å². The summed E-state index contributed by atoms with van der Waals surface area (Å²) in [4.78, 5) is 18.8. The lowest BCUT2D eigenvalue weighted by atomic mass is 9.64. The van der Waals surface area contributed by atoms with E-state index in [1.807, 2.05) is 18.7 Å². The van der Waals surface area contributed by atoms with Crippen molar-refractivity contribution >= 4 is 35.8 Å². The summed E-state index contributed by atoms with van der Waals surface area (Å²) in [5, 5.41) is 7.25. The third-order valence-corrected chi connectivity index (χ3v) is 6.26. The zero-order valence-electron chi connectivity index (χ0n) is 19.3. The molecule has 0 aromatic rings. The second kappa shape index (κ2) is 12.3. The van der Waals surface area contributed by atoms with Gasteiger partial charge in [0.15, 0.2) is 5.96 Å². The number of ether oxygens (including phenoxy) is 1. The van der Waals surface area contributed by atoms with E-state index in [-0.39, 0.29) is 41.2 Å². The number of unbranched alkanes of at least 4 members (excludes halogenated alkanes) is 1. The minimum absolute atomic E-state index is 0. The zero-order chi connectivity index (χ0) is 20.7. The number of carbonyl (C=O) groups excluding carboxylic acids is 1. The second-order valence-electron chi connectivity index (χ2n) is 9.19. The Morgan fingerprint density at radius 1 is 1.21 bits per heavy atom. The number of aliphatic imine (C=N–C) groups is 1. The molecule has 2 atom stereocenters. The van der Waals surface area contributed by atoms with Gasteiger partial charge in [-0.25, -0.2) is 0 Å². The van der Waals surface area contributed by atoms with Crippen LogP contribution in [0.15, 0.2) is 4.99 Å². The van der Waals surface area contributed by atoms with Gasteiger partial charge < -0.3 is 20.3 Å². The highest BCUT2D eigenvalue weighted by Crippen LogP contribution is 2.42. The fourth-order valence-electron chi connectivity index (χ4n) is 4.04. The van der Waals surface area contributed by atoms with E-state index < -0.39 is 0 Å². The number of nitrogens with zero attached hydrogens (tertiary/aromatic N) is 2. The van der Waals surface area contributed by atoms with Crippen LogP contribution in [0.3, 0.4) is 0 Å². The first-order valence-electron chi connectivity index (χ1n) is 11.3. The summed E-state index contributed by atoms with van der Waals surface area (Å²) in [7, 11) is 0. The Labute approximate surface area is 195 Å². The van der Waals surface area contributed by atoms with Crippen LogP contribution in [0, 0.1) is 11.3 Å². The lowest BCUT2D eigenvalue weighted by Gasteiger charge is -2.52. The molecule has 2 aliphatic rings. The highest BCUT2D eigenvalue weighted by molar-refractivity contribution is 14.0. The maximum Gasteiger partial charge on any atom is 0.225 e. The van der Waals surface area contributed by atoms with Gasteiger partial charge in [-0.1, -0.05) is 41.0 Å². The first kappa shape index (κ1) is 26.5. The van der Waals surface area contributed by atoms with Gasteiger partial charge in [-0.15, -0.1) is 24.0 Å². The van der Waals surface area contributed by atoms with Gasteiger partial charge in [-0.05, 0) is 32.6 Å². The van der Waals surface area contributed by atoms with Crippen LogP contribution in [0.5, 0.6) is 0 Å². The molecule has 2 rings (SSSR count). The fourth-order valence-corrected chi connectivity index (χ4v) is 4.04. The largest absolute Gasteiger partial charge is 0.378 e. The Balaban J connectivity index is 0.00000420. The Kier molecular flexibility index (Phi) is 11.2. The van der Waals surface area contributed by atoms with Gasteiger partial charge in [0.2, 0.25) is 5.91 Å². The fraction of sp³-hybridized carbons (Fsp3) is 0.909. The molecule has 2 unspecified atom stereocenters. The van der Waals surface area contributed by atoms with Crippen LogP contribution >= 0.6 is 24.0 Å². The van der Waals surface area contributed by atoms with Gasteiger partial charge in [0, 0.05) is 49.7 Å². The maximum atomic E-state index is 12.2. The molecular weight excluding hydrogens is 479 g/mol. The molecule has 0 spiro atoms. The van der Waals surface area contributed by atoms with Crippen LogP contribution in [0.4, 0.5) is 0 Å². The van der Waals surface area contributed by atoms with Gasteiger partial charge in [0.25, 0.3) is 0 Å². The lowest BCUT2D eigenvalue weighted by Crippen LogP contribution is -2.64. The molecular formula is C22H43IN4O2. The molecule has 1 amide bonds. The van der Waals surface area contributed by atoms with Crippen molar-refractivity contribution in [3.8, 4) is 0 Å². The Morgan fingerprint density at radius 3 is 2.38 bits per heavy atom. The van der Waals surface area contributed by atoms with Crippen LogP contribution < -0.4 is 10.6 Å². The third-order valence-electron chi connectivity index (χ3n) is 6.26. The number of amides is 1.